The van der Waals surface area contributed by atoms with Crippen LogP contribution in [0.4, 0.5) is 0 Å². The molecule has 0 amide bonds. The van der Waals surface area contributed by atoms with Crippen molar-refractivity contribution in [2.45, 2.75) is 46.0 Å². The topological polar surface area (TPSA) is 0 Å². The second-order valence-electron chi connectivity index (χ2n) is 7.07. The molecule has 22 heavy (non-hydrogen) atoms. The molecule has 2 unspecified atom stereocenters. The Labute approximate surface area is 135 Å². The molecule has 0 N–H and O–H groups in total. The molecule has 0 aromatic heterocycles. The largest absolute Gasteiger partial charge is 0.0995 e. The van der Waals surface area contributed by atoms with Crippen molar-refractivity contribution in [2.75, 3.05) is 0 Å². The molecule has 0 radical (unpaired) electrons. The summed E-state index contributed by atoms with van der Waals surface area (Å²) < 4.78 is 0. The highest BCUT2D eigenvalue weighted by Gasteiger charge is 2.23. The summed E-state index contributed by atoms with van der Waals surface area (Å²) >= 11 is 0. The molecule has 0 saturated heterocycles. The minimum atomic E-state index is 0.473. The SMILES string of the molecule is C=C1CC(=C)/C(=C\C2=CCc3ccc(C)cc3C2C)C(C)C1. The van der Waals surface area contributed by atoms with Gasteiger partial charge in [0.15, 0.2) is 0 Å². The molecular formula is C22H26. The van der Waals surface area contributed by atoms with Gasteiger partial charge >= 0.3 is 0 Å². The summed E-state index contributed by atoms with van der Waals surface area (Å²) in [5, 5.41) is 0. The third-order valence-corrected chi connectivity index (χ3v) is 5.15. The van der Waals surface area contributed by atoms with E-state index in [4.69, 9.17) is 0 Å². The first-order valence-electron chi connectivity index (χ1n) is 8.31. The van der Waals surface area contributed by atoms with Crippen LogP contribution in [0.5, 0.6) is 0 Å². The fourth-order valence-corrected chi connectivity index (χ4v) is 3.86. The van der Waals surface area contributed by atoms with Crippen LogP contribution in [-0.4, -0.2) is 0 Å². The maximum atomic E-state index is 4.29. The smallest absolute Gasteiger partial charge is 0.00610 e. The summed E-state index contributed by atoms with van der Waals surface area (Å²) in [6, 6.07) is 6.86. The Morgan fingerprint density at radius 2 is 1.95 bits per heavy atom. The van der Waals surface area contributed by atoms with Crippen LogP contribution in [0.1, 0.15) is 49.3 Å². The van der Waals surface area contributed by atoms with Gasteiger partial charge in [0.1, 0.15) is 0 Å². The second kappa shape index (κ2) is 5.76. The molecule has 0 nitrogen and oxygen atoms in total. The molecular weight excluding hydrogens is 264 g/mol. The molecule has 2 aliphatic carbocycles. The van der Waals surface area contributed by atoms with E-state index in [2.05, 4.69) is 64.3 Å². The van der Waals surface area contributed by atoms with Crippen LogP contribution < -0.4 is 0 Å². The van der Waals surface area contributed by atoms with Crippen LogP contribution in [0.25, 0.3) is 0 Å². The third-order valence-electron chi connectivity index (χ3n) is 5.15. The van der Waals surface area contributed by atoms with E-state index in [0.29, 0.717) is 11.8 Å². The average molecular weight is 290 g/mol. The van der Waals surface area contributed by atoms with Crippen LogP contribution in [0.15, 0.2) is 65.8 Å². The van der Waals surface area contributed by atoms with Crippen LogP contribution >= 0.6 is 0 Å². The van der Waals surface area contributed by atoms with Crippen molar-refractivity contribution in [3.05, 3.63) is 82.5 Å². The molecule has 1 aromatic carbocycles. The minimum Gasteiger partial charge on any atom is -0.0995 e. The number of fused-ring (bicyclic) bond motifs is 1. The van der Waals surface area contributed by atoms with Gasteiger partial charge in [0, 0.05) is 5.92 Å². The number of hydrogen-bond acceptors (Lipinski definition) is 0. The van der Waals surface area contributed by atoms with Gasteiger partial charge in [-0.25, -0.2) is 0 Å². The normalized spacial score (nSPS) is 26.9. The minimum absolute atomic E-state index is 0.473. The Hall–Kier alpha value is -1.82. The zero-order valence-electron chi connectivity index (χ0n) is 14.1. The fraction of sp³-hybridized carbons (Fsp3) is 0.364. The summed E-state index contributed by atoms with van der Waals surface area (Å²) in [6.07, 6.45) is 7.93. The molecule has 1 fully saturated rings. The summed E-state index contributed by atoms with van der Waals surface area (Å²) in [6.45, 7) is 15.2. The van der Waals surface area contributed by atoms with E-state index < -0.39 is 0 Å². The Balaban J connectivity index is 1.93. The first-order valence-corrected chi connectivity index (χ1v) is 8.31. The van der Waals surface area contributed by atoms with Gasteiger partial charge in [0.2, 0.25) is 0 Å². The van der Waals surface area contributed by atoms with Crippen LogP contribution in [0, 0.1) is 12.8 Å². The Kier molecular flexibility index (Phi) is 3.95. The maximum absolute atomic E-state index is 4.29. The Bertz CT molecular complexity index is 697. The highest BCUT2D eigenvalue weighted by atomic mass is 14.3. The van der Waals surface area contributed by atoms with E-state index in [1.807, 2.05) is 0 Å². The number of benzene rings is 1. The molecule has 2 aliphatic rings. The van der Waals surface area contributed by atoms with Gasteiger partial charge in [-0.1, -0.05) is 68.5 Å². The highest BCUT2D eigenvalue weighted by molar-refractivity contribution is 5.50. The summed E-state index contributed by atoms with van der Waals surface area (Å²) in [7, 11) is 0. The van der Waals surface area contributed by atoms with Crippen molar-refractivity contribution < 1.29 is 0 Å². The van der Waals surface area contributed by atoms with Crippen LogP contribution in [-0.2, 0) is 6.42 Å². The van der Waals surface area contributed by atoms with Gasteiger partial charge in [-0.2, -0.15) is 0 Å². The average Bonchev–Trinajstić information content (AvgIpc) is 2.45. The monoisotopic (exact) mass is 290 g/mol. The molecule has 0 heteroatoms. The van der Waals surface area contributed by atoms with Gasteiger partial charge in [0.25, 0.3) is 0 Å². The van der Waals surface area contributed by atoms with Gasteiger partial charge < -0.3 is 0 Å². The van der Waals surface area contributed by atoms with E-state index in [1.165, 1.54) is 39.0 Å². The van der Waals surface area contributed by atoms with Crippen molar-refractivity contribution >= 4 is 0 Å². The van der Waals surface area contributed by atoms with Gasteiger partial charge in [-0.15, -0.1) is 0 Å². The summed E-state index contributed by atoms with van der Waals surface area (Å²) in [5.74, 6) is 1.02. The molecule has 3 rings (SSSR count). The lowest BCUT2D eigenvalue weighted by molar-refractivity contribution is 0.631. The van der Waals surface area contributed by atoms with Crippen LogP contribution in [0.2, 0.25) is 0 Å². The lowest BCUT2D eigenvalue weighted by atomic mass is 9.76. The molecule has 0 bridgehead atoms. The number of allylic oxidation sites excluding steroid dienone is 6. The molecule has 1 aromatic rings. The van der Waals surface area contributed by atoms with Crippen molar-refractivity contribution in [3.63, 3.8) is 0 Å². The Morgan fingerprint density at radius 1 is 1.18 bits per heavy atom. The van der Waals surface area contributed by atoms with Crippen molar-refractivity contribution in [2.24, 2.45) is 5.92 Å². The van der Waals surface area contributed by atoms with Gasteiger partial charge in [0.05, 0.1) is 0 Å². The van der Waals surface area contributed by atoms with E-state index in [-0.39, 0.29) is 0 Å². The molecule has 0 aliphatic heterocycles. The molecule has 0 spiro atoms. The van der Waals surface area contributed by atoms with Crippen LogP contribution in [0.3, 0.4) is 0 Å². The lowest BCUT2D eigenvalue weighted by Crippen LogP contribution is -2.13. The second-order valence-corrected chi connectivity index (χ2v) is 7.07. The number of aryl methyl sites for hydroxylation is 1. The lowest BCUT2D eigenvalue weighted by Gasteiger charge is -2.29. The predicted molar refractivity (Wildman–Crippen MR) is 96.1 cm³/mol. The number of rotatable bonds is 1. The predicted octanol–water partition coefficient (Wildman–Crippen LogP) is 6.05. The fourth-order valence-electron chi connectivity index (χ4n) is 3.86. The standard InChI is InChI=1S/C22H26/c1-14-6-7-19-8-9-20(18(5)22(19)12-14)13-21-16(3)10-15(2)11-17(21)4/h6-7,9,12-13,17-18H,2-3,8,10-11H2,1,4-5H3/b21-13+. The molecule has 2 atom stereocenters. The first-order chi connectivity index (χ1) is 10.5. The molecule has 0 heterocycles. The third kappa shape index (κ3) is 2.75. The Morgan fingerprint density at radius 3 is 2.68 bits per heavy atom. The van der Waals surface area contributed by atoms with E-state index in [0.717, 1.165) is 19.3 Å². The molecule has 1 saturated carbocycles. The van der Waals surface area contributed by atoms with E-state index in [9.17, 15) is 0 Å². The first kappa shape index (κ1) is 15.1. The molecule has 114 valence electrons. The number of hydrogen-bond donors (Lipinski definition) is 0. The van der Waals surface area contributed by atoms with Crippen molar-refractivity contribution in [1.29, 1.82) is 0 Å². The quantitative estimate of drug-likeness (QED) is 0.552. The van der Waals surface area contributed by atoms with Gasteiger partial charge in [-0.3, -0.25) is 0 Å². The van der Waals surface area contributed by atoms with Crippen molar-refractivity contribution in [3.8, 4) is 0 Å². The van der Waals surface area contributed by atoms with Gasteiger partial charge in [-0.05, 0) is 60.0 Å². The maximum Gasteiger partial charge on any atom is 0.00610 e. The van der Waals surface area contributed by atoms with Crippen molar-refractivity contribution in [1.82, 2.24) is 0 Å². The zero-order valence-corrected chi connectivity index (χ0v) is 14.1. The highest BCUT2D eigenvalue weighted by Crippen LogP contribution is 2.39. The summed E-state index contributed by atoms with van der Waals surface area (Å²) in [4.78, 5) is 0. The van der Waals surface area contributed by atoms with E-state index in [1.54, 1.807) is 0 Å². The zero-order chi connectivity index (χ0) is 15.9. The summed E-state index contributed by atoms with van der Waals surface area (Å²) in [5.41, 5.74) is 9.78. The van der Waals surface area contributed by atoms with E-state index >= 15 is 0 Å².